The lowest BCUT2D eigenvalue weighted by atomic mass is 10.1. The summed E-state index contributed by atoms with van der Waals surface area (Å²) < 4.78 is 13.6. The minimum absolute atomic E-state index is 0.139. The molecule has 100 valence electrons. The lowest BCUT2D eigenvalue weighted by Gasteiger charge is -2.26. The van der Waals surface area contributed by atoms with Crippen molar-refractivity contribution in [3.63, 3.8) is 0 Å². The van der Waals surface area contributed by atoms with Crippen LogP contribution in [0.4, 0.5) is 9.52 Å². The fourth-order valence-electron chi connectivity index (χ4n) is 2.21. The van der Waals surface area contributed by atoms with E-state index >= 15 is 0 Å². The van der Waals surface area contributed by atoms with Gasteiger partial charge in [0.25, 0.3) is 0 Å². The molecular weight excluding hydrogens is 261 g/mol. The van der Waals surface area contributed by atoms with Crippen LogP contribution in [0, 0.1) is 5.82 Å². The molecule has 3 nitrogen and oxygen atoms in total. The van der Waals surface area contributed by atoms with Gasteiger partial charge in [-0.2, -0.15) is 0 Å². The summed E-state index contributed by atoms with van der Waals surface area (Å²) >= 11 is 1.66. The van der Waals surface area contributed by atoms with Crippen LogP contribution >= 0.6 is 11.3 Å². The van der Waals surface area contributed by atoms with Gasteiger partial charge in [0.15, 0.2) is 5.13 Å². The standard InChI is InChI=1S/C14H16FN3S/c15-13-4-2-1-3-11(13)9-12-10-17-14(19-12)18-7-5-16-6-8-18/h1-4,10,16H,5-9H2. The number of nitrogens with zero attached hydrogens (tertiary/aromatic N) is 2. The van der Waals surface area contributed by atoms with Gasteiger partial charge in [0, 0.05) is 43.7 Å². The maximum Gasteiger partial charge on any atom is 0.185 e. The summed E-state index contributed by atoms with van der Waals surface area (Å²) in [5.74, 6) is -0.139. The Morgan fingerprint density at radius 2 is 2.05 bits per heavy atom. The number of benzene rings is 1. The predicted octanol–water partition coefficient (Wildman–Crippen LogP) is 2.28. The van der Waals surface area contributed by atoms with E-state index < -0.39 is 0 Å². The summed E-state index contributed by atoms with van der Waals surface area (Å²) in [5, 5.41) is 4.37. The van der Waals surface area contributed by atoms with Crippen LogP contribution in [0.3, 0.4) is 0 Å². The monoisotopic (exact) mass is 277 g/mol. The molecule has 0 atom stereocenters. The molecule has 0 saturated carbocycles. The Bertz CT molecular complexity index is 549. The molecule has 0 bridgehead atoms. The van der Waals surface area contributed by atoms with Crippen LogP contribution in [0.15, 0.2) is 30.5 Å². The number of piperazine rings is 1. The highest BCUT2D eigenvalue weighted by Crippen LogP contribution is 2.25. The average molecular weight is 277 g/mol. The second-order valence-corrected chi connectivity index (χ2v) is 5.71. The van der Waals surface area contributed by atoms with Crippen LogP contribution in [-0.2, 0) is 6.42 Å². The van der Waals surface area contributed by atoms with E-state index in [1.54, 1.807) is 17.4 Å². The predicted molar refractivity (Wildman–Crippen MR) is 76.4 cm³/mol. The van der Waals surface area contributed by atoms with Crippen LogP contribution in [0.5, 0.6) is 0 Å². The van der Waals surface area contributed by atoms with Crippen LogP contribution in [0.1, 0.15) is 10.4 Å². The van der Waals surface area contributed by atoms with Gasteiger partial charge in [-0.05, 0) is 11.6 Å². The molecule has 3 rings (SSSR count). The molecule has 2 aromatic rings. The molecule has 1 N–H and O–H groups in total. The van der Waals surface area contributed by atoms with Crippen molar-refractivity contribution in [3.8, 4) is 0 Å². The Hall–Kier alpha value is -1.46. The third-order valence-corrected chi connectivity index (χ3v) is 4.31. The van der Waals surface area contributed by atoms with Crippen molar-refractivity contribution in [2.24, 2.45) is 0 Å². The smallest absolute Gasteiger partial charge is 0.185 e. The maximum absolute atomic E-state index is 13.6. The van der Waals surface area contributed by atoms with E-state index in [0.29, 0.717) is 6.42 Å². The molecule has 0 spiro atoms. The number of nitrogens with one attached hydrogen (secondary N) is 1. The summed E-state index contributed by atoms with van der Waals surface area (Å²) in [6, 6.07) is 6.93. The highest BCUT2D eigenvalue weighted by molar-refractivity contribution is 7.15. The molecule has 1 aromatic heterocycles. The van der Waals surface area contributed by atoms with Gasteiger partial charge in [-0.3, -0.25) is 0 Å². The highest BCUT2D eigenvalue weighted by Gasteiger charge is 2.14. The normalized spacial score (nSPS) is 15.7. The van der Waals surface area contributed by atoms with Crippen LogP contribution in [0.25, 0.3) is 0 Å². The quantitative estimate of drug-likeness (QED) is 0.933. The van der Waals surface area contributed by atoms with Crippen molar-refractivity contribution in [1.82, 2.24) is 10.3 Å². The molecule has 0 unspecified atom stereocenters. The zero-order valence-electron chi connectivity index (χ0n) is 10.6. The van der Waals surface area contributed by atoms with E-state index in [1.165, 1.54) is 6.07 Å². The number of anilines is 1. The van der Waals surface area contributed by atoms with Gasteiger partial charge in [0.2, 0.25) is 0 Å². The molecule has 5 heteroatoms. The first-order chi connectivity index (χ1) is 9.33. The Labute approximate surface area is 116 Å². The lowest BCUT2D eigenvalue weighted by Crippen LogP contribution is -2.43. The summed E-state index contributed by atoms with van der Waals surface area (Å²) in [5.41, 5.74) is 0.734. The number of aromatic nitrogens is 1. The summed E-state index contributed by atoms with van der Waals surface area (Å²) in [4.78, 5) is 7.85. The Balaban J connectivity index is 1.73. The molecule has 0 aliphatic carbocycles. The van der Waals surface area contributed by atoms with E-state index in [9.17, 15) is 4.39 Å². The third kappa shape index (κ3) is 2.93. The van der Waals surface area contributed by atoms with Crippen molar-refractivity contribution in [1.29, 1.82) is 0 Å². The van der Waals surface area contributed by atoms with Gasteiger partial charge in [-0.25, -0.2) is 9.37 Å². The molecule has 0 radical (unpaired) electrons. The van der Waals surface area contributed by atoms with Crippen molar-refractivity contribution < 1.29 is 4.39 Å². The number of hydrogen-bond donors (Lipinski definition) is 1. The molecule has 1 saturated heterocycles. The van der Waals surface area contributed by atoms with Gasteiger partial charge < -0.3 is 10.2 Å². The summed E-state index contributed by atoms with van der Waals surface area (Å²) in [6.07, 6.45) is 2.49. The van der Waals surface area contributed by atoms with Crippen molar-refractivity contribution >= 4 is 16.5 Å². The second kappa shape index (κ2) is 5.67. The molecule has 0 amide bonds. The Morgan fingerprint density at radius 1 is 1.26 bits per heavy atom. The first-order valence-electron chi connectivity index (χ1n) is 6.47. The van der Waals surface area contributed by atoms with Gasteiger partial charge in [-0.1, -0.05) is 18.2 Å². The largest absolute Gasteiger partial charge is 0.346 e. The molecule has 19 heavy (non-hydrogen) atoms. The molecule has 1 aliphatic rings. The molecule has 1 aromatic carbocycles. The van der Waals surface area contributed by atoms with Crippen LogP contribution in [-0.4, -0.2) is 31.2 Å². The van der Waals surface area contributed by atoms with Crippen molar-refractivity contribution in [3.05, 3.63) is 46.7 Å². The number of hydrogen-bond acceptors (Lipinski definition) is 4. The van der Waals surface area contributed by atoms with E-state index in [2.05, 4.69) is 15.2 Å². The lowest BCUT2D eigenvalue weighted by molar-refractivity contribution is 0.588. The highest BCUT2D eigenvalue weighted by atomic mass is 32.1. The zero-order chi connectivity index (χ0) is 13.1. The first kappa shape index (κ1) is 12.6. The van der Waals surface area contributed by atoms with E-state index in [1.807, 2.05) is 18.3 Å². The molecule has 2 heterocycles. The van der Waals surface area contributed by atoms with E-state index in [4.69, 9.17) is 0 Å². The van der Waals surface area contributed by atoms with Gasteiger partial charge >= 0.3 is 0 Å². The van der Waals surface area contributed by atoms with E-state index in [0.717, 1.165) is 41.8 Å². The molecule has 1 aliphatic heterocycles. The average Bonchev–Trinajstić information content (AvgIpc) is 2.91. The molecular formula is C14H16FN3S. The number of rotatable bonds is 3. The topological polar surface area (TPSA) is 28.2 Å². The SMILES string of the molecule is Fc1ccccc1Cc1cnc(N2CCNCC2)s1. The minimum Gasteiger partial charge on any atom is -0.346 e. The van der Waals surface area contributed by atoms with Crippen molar-refractivity contribution in [2.45, 2.75) is 6.42 Å². The zero-order valence-corrected chi connectivity index (χ0v) is 11.4. The number of thiazole rings is 1. The van der Waals surface area contributed by atoms with Crippen LogP contribution in [0.2, 0.25) is 0 Å². The number of halogens is 1. The maximum atomic E-state index is 13.6. The first-order valence-corrected chi connectivity index (χ1v) is 7.28. The van der Waals surface area contributed by atoms with Gasteiger partial charge in [-0.15, -0.1) is 11.3 Å². The fourth-order valence-corrected chi connectivity index (χ4v) is 3.20. The molecule has 1 fully saturated rings. The van der Waals surface area contributed by atoms with Gasteiger partial charge in [0.05, 0.1) is 0 Å². The van der Waals surface area contributed by atoms with E-state index in [-0.39, 0.29) is 5.82 Å². The van der Waals surface area contributed by atoms with Crippen LogP contribution < -0.4 is 10.2 Å². The Kier molecular flexibility index (Phi) is 3.75. The van der Waals surface area contributed by atoms with Gasteiger partial charge in [0.1, 0.15) is 5.82 Å². The second-order valence-electron chi connectivity index (χ2n) is 4.61. The summed E-state index contributed by atoms with van der Waals surface area (Å²) in [7, 11) is 0. The minimum atomic E-state index is -0.139. The fraction of sp³-hybridized carbons (Fsp3) is 0.357. The van der Waals surface area contributed by atoms with Crippen molar-refractivity contribution in [2.75, 3.05) is 31.1 Å². The Morgan fingerprint density at radius 3 is 2.84 bits per heavy atom. The third-order valence-electron chi connectivity index (χ3n) is 3.25. The summed E-state index contributed by atoms with van der Waals surface area (Å²) in [6.45, 7) is 3.99.